The molecule has 5 nitrogen and oxygen atoms in total. The number of nitrogens with one attached hydrogen (secondary N) is 1. The summed E-state index contributed by atoms with van der Waals surface area (Å²) in [6.45, 7) is 5.80. The van der Waals surface area contributed by atoms with E-state index >= 15 is 0 Å². The molecule has 0 aromatic carbocycles. The van der Waals surface area contributed by atoms with Gasteiger partial charge in [0.1, 0.15) is 0 Å². The molecule has 0 amide bonds. The average Bonchev–Trinajstić information content (AvgIpc) is 2.70. The highest BCUT2D eigenvalue weighted by Gasteiger charge is 2.25. The molecule has 0 saturated carbocycles. The van der Waals surface area contributed by atoms with Crippen molar-refractivity contribution in [1.82, 2.24) is 15.1 Å². The maximum Gasteiger partial charge on any atom is 0.156 e. The van der Waals surface area contributed by atoms with Gasteiger partial charge in [-0.3, -0.25) is 4.68 Å². The van der Waals surface area contributed by atoms with Gasteiger partial charge in [0, 0.05) is 25.3 Å². The van der Waals surface area contributed by atoms with Crippen LogP contribution in [0.4, 0.5) is 0 Å². The molecule has 1 atom stereocenters. The first-order valence-electron chi connectivity index (χ1n) is 6.45. The highest BCUT2D eigenvalue weighted by molar-refractivity contribution is 7.90. The third kappa shape index (κ3) is 3.32. The van der Waals surface area contributed by atoms with Gasteiger partial charge in [-0.2, -0.15) is 5.10 Å². The molecule has 102 valence electrons. The summed E-state index contributed by atoms with van der Waals surface area (Å²) in [6.07, 6.45) is 2.85. The molecule has 0 spiro atoms. The SMILES string of the molecule is CCC(C)n1ccc(CS(=O)(=O)CC2CNC2)n1. The lowest BCUT2D eigenvalue weighted by Crippen LogP contribution is -2.45. The number of nitrogens with zero attached hydrogens (tertiary/aromatic N) is 2. The summed E-state index contributed by atoms with van der Waals surface area (Å²) in [6, 6.07) is 2.13. The Balaban J connectivity index is 1.97. The average molecular weight is 271 g/mol. The fourth-order valence-corrected chi connectivity index (χ4v) is 3.67. The number of sulfone groups is 1. The minimum absolute atomic E-state index is 0.0624. The molecule has 1 unspecified atom stereocenters. The van der Waals surface area contributed by atoms with Crippen molar-refractivity contribution in [3.05, 3.63) is 18.0 Å². The highest BCUT2D eigenvalue weighted by atomic mass is 32.2. The Morgan fingerprint density at radius 2 is 2.28 bits per heavy atom. The first-order chi connectivity index (χ1) is 8.50. The van der Waals surface area contributed by atoms with Gasteiger partial charge in [-0.25, -0.2) is 8.42 Å². The Kier molecular flexibility index (Phi) is 4.07. The van der Waals surface area contributed by atoms with E-state index < -0.39 is 9.84 Å². The summed E-state index contributed by atoms with van der Waals surface area (Å²) in [5.41, 5.74) is 0.655. The smallest absolute Gasteiger partial charge is 0.156 e. The monoisotopic (exact) mass is 271 g/mol. The van der Waals surface area contributed by atoms with Crippen molar-refractivity contribution in [2.75, 3.05) is 18.8 Å². The summed E-state index contributed by atoms with van der Waals surface area (Å²) in [4.78, 5) is 0. The molecule has 18 heavy (non-hydrogen) atoms. The summed E-state index contributed by atoms with van der Waals surface area (Å²) in [5, 5.41) is 7.43. The van der Waals surface area contributed by atoms with Crippen molar-refractivity contribution in [2.24, 2.45) is 5.92 Å². The number of hydrogen-bond acceptors (Lipinski definition) is 4. The fourth-order valence-electron chi connectivity index (χ4n) is 2.00. The lowest BCUT2D eigenvalue weighted by atomic mass is 10.1. The van der Waals surface area contributed by atoms with Crippen LogP contribution in [0, 0.1) is 5.92 Å². The molecule has 2 rings (SSSR count). The quantitative estimate of drug-likeness (QED) is 0.838. The van der Waals surface area contributed by atoms with E-state index in [0.717, 1.165) is 19.5 Å². The van der Waals surface area contributed by atoms with Crippen molar-refractivity contribution in [3.8, 4) is 0 Å². The van der Waals surface area contributed by atoms with Crippen molar-refractivity contribution >= 4 is 9.84 Å². The first kappa shape index (κ1) is 13.5. The molecule has 0 radical (unpaired) electrons. The zero-order valence-corrected chi connectivity index (χ0v) is 11.8. The van der Waals surface area contributed by atoms with E-state index in [1.54, 1.807) is 0 Å². The highest BCUT2D eigenvalue weighted by Crippen LogP contribution is 2.14. The number of aromatic nitrogens is 2. The van der Waals surface area contributed by atoms with E-state index in [2.05, 4.69) is 24.3 Å². The van der Waals surface area contributed by atoms with E-state index in [9.17, 15) is 8.42 Å². The normalized spacial score (nSPS) is 18.6. The first-order valence-corrected chi connectivity index (χ1v) is 8.27. The van der Waals surface area contributed by atoms with Gasteiger partial charge in [0.25, 0.3) is 0 Å². The van der Waals surface area contributed by atoms with Crippen molar-refractivity contribution in [3.63, 3.8) is 0 Å². The van der Waals surface area contributed by atoms with E-state index in [-0.39, 0.29) is 17.4 Å². The van der Waals surface area contributed by atoms with Crippen LogP contribution < -0.4 is 5.32 Å². The van der Waals surface area contributed by atoms with Crippen molar-refractivity contribution in [1.29, 1.82) is 0 Å². The molecule has 1 fully saturated rings. The second-order valence-electron chi connectivity index (χ2n) is 5.12. The van der Waals surface area contributed by atoms with Crippen LogP contribution in [0.15, 0.2) is 12.3 Å². The summed E-state index contributed by atoms with van der Waals surface area (Å²) in [5.74, 6) is 0.620. The third-order valence-electron chi connectivity index (χ3n) is 3.43. The van der Waals surface area contributed by atoms with Crippen LogP contribution in [0.3, 0.4) is 0 Å². The van der Waals surface area contributed by atoms with E-state index in [1.807, 2.05) is 16.9 Å². The predicted octanol–water partition coefficient (Wildman–Crippen LogP) is 0.988. The Labute approximate surface area is 108 Å². The molecular formula is C12H21N3O2S. The Hall–Kier alpha value is -0.880. The molecule has 1 aromatic rings. The molecule has 1 aliphatic rings. The molecule has 2 heterocycles. The van der Waals surface area contributed by atoms with Gasteiger partial charge in [0.15, 0.2) is 9.84 Å². The summed E-state index contributed by atoms with van der Waals surface area (Å²) >= 11 is 0. The zero-order valence-electron chi connectivity index (χ0n) is 11.0. The van der Waals surface area contributed by atoms with Crippen LogP contribution in [0.5, 0.6) is 0 Å². The second kappa shape index (κ2) is 5.40. The maximum absolute atomic E-state index is 12.0. The van der Waals surface area contributed by atoms with Crippen LogP contribution >= 0.6 is 0 Å². The minimum Gasteiger partial charge on any atom is -0.316 e. The minimum atomic E-state index is -3.03. The maximum atomic E-state index is 12.0. The van der Waals surface area contributed by atoms with Gasteiger partial charge in [-0.05, 0) is 25.3 Å². The Morgan fingerprint density at radius 1 is 1.56 bits per heavy atom. The van der Waals surface area contributed by atoms with Crippen LogP contribution in [-0.4, -0.2) is 37.0 Å². The topological polar surface area (TPSA) is 64.0 Å². The summed E-state index contributed by atoms with van der Waals surface area (Å²) < 4.78 is 25.8. The second-order valence-corrected chi connectivity index (χ2v) is 7.23. The van der Waals surface area contributed by atoms with Crippen LogP contribution in [0.1, 0.15) is 32.0 Å². The zero-order chi connectivity index (χ0) is 13.2. The Bertz CT molecular complexity index is 491. The molecule has 0 aliphatic carbocycles. The Morgan fingerprint density at radius 3 is 2.83 bits per heavy atom. The van der Waals surface area contributed by atoms with Crippen LogP contribution in [-0.2, 0) is 15.6 Å². The van der Waals surface area contributed by atoms with Gasteiger partial charge in [0.2, 0.25) is 0 Å². The van der Waals surface area contributed by atoms with Gasteiger partial charge in [0.05, 0.1) is 17.2 Å². The van der Waals surface area contributed by atoms with Crippen LogP contribution in [0.2, 0.25) is 0 Å². The standard InChI is InChI=1S/C12H21N3O2S/c1-3-10(2)15-5-4-12(14-15)9-18(16,17)8-11-6-13-7-11/h4-5,10-11,13H,3,6-9H2,1-2H3. The van der Waals surface area contributed by atoms with Gasteiger partial charge >= 0.3 is 0 Å². The number of hydrogen-bond donors (Lipinski definition) is 1. The molecule has 1 N–H and O–H groups in total. The van der Waals surface area contributed by atoms with Gasteiger partial charge in [-0.1, -0.05) is 6.92 Å². The lowest BCUT2D eigenvalue weighted by molar-refractivity contribution is 0.378. The molecule has 1 saturated heterocycles. The van der Waals surface area contributed by atoms with E-state index in [0.29, 0.717) is 11.7 Å². The van der Waals surface area contributed by atoms with Crippen molar-refractivity contribution in [2.45, 2.75) is 32.1 Å². The summed E-state index contributed by atoms with van der Waals surface area (Å²) in [7, 11) is -3.03. The molecule has 6 heteroatoms. The lowest BCUT2D eigenvalue weighted by Gasteiger charge is -2.26. The van der Waals surface area contributed by atoms with Gasteiger partial charge in [-0.15, -0.1) is 0 Å². The van der Waals surface area contributed by atoms with Crippen molar-refractivity contribution < 1.29 is 8.42 Å². The predicted molar refractivity (Wildman–Crippen MR) is 71.1 cm³/mol. The molecule has 0 bridgehead atoms. The van der Waals surface area contributed by atoms with E-state index in [1.165, 1.54) is 0 Å². The molecule has 1 aromatic heterocycles. The molecular weight excluding hydrogens is 250 g/mol. The third-order valence-corrected chi connectivity index (χ3v) is 5.14. The van der Waals surface area contributed by atoms with Gasteiger partial charge < -0.3 is 5.32 Å². The fraction of sp³-hybridized carbons (Fsp3) is 0.750. The largest absolute Gasteiger partial charge is 0.316 e. The van der Waals surface area contributed by atoms with Crippen LogP contribution in [0.25, 0.3) is 0 Å². The molecule has 1 aliphatic heterocycles. The van der Waals surface area contributed by atoms with E-state index in [4.69, 9.17) is 0 Å². The number of rotatable bonds is 6.